The molecule has 5 heteroatoms. The quantitative estimate of drug-likeness (QED) is 0.645. The number of benzene rings is 1. The zero-order valence-corrected chi connectivity index (χ0v) is 11.2. The van der Waals surface area contributed by atoms with Gasteiger partial charge in [0.25, 0.3) is 0 Å². The fourth-order valence-electron chi connectivity index (χ4n) is 1.40. The van der Waals surface area contributed by atoms with Gasteiger partial charge in [0, 0.05) is 0 Å². The number of carbonyl (C=O) groups excluding carboxylic acids is 1. The summed E-state index contributed by atoms with van der Waals surface area (Å²) in [7, 11) is -1.77. The van der Waals surface area contributed by atoms with Crippen LogP contribution < -0.4 is 4.43 Å². The van der Waals surface area contributed by atoms with E-state index in [4.69, 9.17) is 9.53 Å². The summed E-state index contributed by atoms with van der Waals surface area (Å²) >= 11 is 0. The summed E-state index contributed by atoms with van der Waals surface area (Å²) in [6, 6.07) is 4.91. The van der Waals surface area contributed by atoms with Gasteiger partial charge in [0.05, 0.1) is 12.0 Å². The number of aldehydes is 1. The monoisotopic (exact) mass is 252 g/mol. The Morgan fingerprint density at radius 3 is 2.53 bits per heavy atom. The van der Waals surface area contributed by atoms with E-state index in [9.17, 15) is 9.59 Å². The molecule has 1 aromatic carbocycles. The highest BCUT2D eigenvalue weighted by Crippen LogP contribution is 2.22. The van der Waals surface area contributed by atoms with Crippen LogP contribution in [0.4, 0.5) is 0 Å². The molecule has 4 nitrogen and oxygen atoms in total. The maximum Gasteiger partial charge on any atom is 0.307 e. The third-order valence-electron chi connectivity index (χ3n) is 1.97. The third-order valence-corrected chi connectivity index (χ3v) is 2.80. The van der Waals surface area contributed by atoms with Crippen molar-refractivity contribution >= 4 is 20.6 Å². The van der Waals surface area contributed by atoms with Gasteiger partial charge in [0.15, 0.2) is 6.29 Å². The molecule has 0 heterocycles. The smallest absolute Gasteiger partial charge is 0.307 e. The minimum absolute atomic E-state index is 0.0892. The molecule has 1 aromatic rings. The molecule has 0 unspecified atom stereocenters. The molecule has 0 bridgehead atoms. The molecule has 0 aromatic heterocycles. The maximum absolute atomic E-state index is 10.9. The first-order valence-corrected chi connectivity index (χ1v) is 8.71. The highest BCUT2D eigenvalue weighted by Gasteiger charge is 2.18. The normalized spacial score (nSPS) is 11.0. The van der Waals surface area contributed by atoms with E-state index in [1.807, 2.05) is 19.6 Å². The number of carbonyl (C=O) groups is 2. The molecule has 0 fully saturated rings. The average Bonchev–Trinajstić information content (AvgIpc) is 2.17. The lowest BCUT2D eigenvalue weighted by atomic mass is 10.1. The van der Waals surface area contributed by atoms with E-state index in [0.717, 1.165) is 0 Å². The number of carboxylic acids is 1. The Balaban J connectivity index is 3.01. The van der Waals surface area contributed by atoms with E-state index in [2.05, 4.69) is 0 Å². The van der Waals surface area contributed by atoms with Gasteiger partial charge in [-0.2, -0.15) is 0 Å². The Labute approximate surface area is 101 Å². The lowest BCUT2D eigenvalue weighted by Gasteiger charge is -2.20. The zero-order valence-electron chi connectivity index (χ0n) is 10.2. The number of aliphatic carboxylic acids is 1. The Morgan fingerprint density at radius 1 is 1.41 bits per heavy atom. The first-order chi connectivity index (χ1) is 7.81. The second-order valence-corrected chi connectivity index (χ2v) is 9.20. The van der Waals surface area contributed by atoms with E-state index < -0.39 is 14.3 Å². The van der Waals surface area contributed by atoms with Crippen molar-refractivity contribution in [2.24, 2.45) is 0 Å². The lowest BCUT2D eigenvalue weighted by molar-refractivity contribution is -0.136. The molecule has 0 atom stereocenters. The predicted molar refractivity (Wildman–Crippen MR) is 67.1 cm³/mol. The second kappa shape index (κ2) is 5.14. The van der Waals surface area contributed by atoms with Crippen molar-refractivity contribution in [1.82, 2.24) is 0 Å². The largest absolute Gasteiger partial charge is 0.544 e. The van der Waals surface area contributed by atoms with E-state index >= 15 is 0 Å². The van der Waals surface area contributed by atoms with Crippen molar-refractivity contribution < 1.29 is 19.1 Å². The summed E-state index contributed by atoms with van der Waals surface area (Å²) < 4.78 is 5.74. The van der Waals surface area contributed by atoms with Gasteiger partial charge in [-0.25, -0.2) is 0 Å². The summed E-state index contributed by atoms with van der Waals surface area (Å²) in [6.07, 6.45) is 0.606. The van der Waals surface area contributed by atoms with Crippen LogP contribution in [-0.2, 0) is 11.2 Å². The second-order valence-electron chi connectivity index (χ2n) is 4.77. The summed E-state index contributed by atoms with van der Waals surface area (Å²) in [5.74, 6) is -0.381. The van der Waals surface area contributed by atoms with Crippen LogP contribution in [-0.4, -0.2) is 25.7 Å². The number of rotatable bonds is 5. The molecule has 0 saturated carbocycles. The summed E-state index contributed by atoms with van der Waals surface area (Å²) in [4.78, 5) is 21.5. The van der Waals surface area contributed by atoms with Crippen molar-refractivity contribution in [2.75, 3.05) is 0 Å². The van der Waals surface area contributed by atoms with Crippen LogP contribution in [0.15, 0.2) is 18.2 Å². The minimum Gasteiger partial charge on any atom is -0.544 e. The van der Waals surface area contributed by atoms with Gasteiger partial charge in [0.2, 0.25) is 8.32 Å². The van der Waals surface area contributed by atoms with Crippen LogP contribution in [0.2, 0.25) is 19.6 Å². The first kappa shape index (κ1) is 13.4. The first-order valence-electron chi connectivity index (χ1n) is 5.31. The summed E-state index contributed by atoms with van der Waals surface area (Å²) in [6.45, 7) is 6.06. The molecule has 0 radical (unpaired) electrons. The average molecular weight is 252 g/mol. The van der Waals surface area contributed by atoms with Crippen molar-refractivity contribution in [2.45, 2.75) is 26.1 Å². The lowest BCUT2D eigenvalue weighted by Crippen LogP contribution is -2.29. The molecule has 0 saturated heterocycles. The van der Waals surface area contributed by atoms with Gasteiger partial charge in [-0.3, -0.25) is 9.59 Å². The van der Waals surface area contributed by atoms with Gasteiger partial charge >= 0.3 is 5.97 Å². The van der Waals surface area contributed by atoms with E-state index in [0.29, 0.717) is 23.2 Å². The molecular weight excluding hydrogens is 236 g/mol. The Hall–Kier alpha value is -1.62. The molecule has 1 rings (SSSR count). The van der Waals surface area contributed by atoms with Crippen LogP contribution in [0, 0.1) is 0 Å². The van der Waals surface area contributed by atoms with E-state index in [1.165, 1.54) is 0 Å². The summed E-state index contributed by atoms with van der Waals surface area (Å²) in [5.41, 5.74) is 1.01. The molecule has 92 valence electrons. The van der Waals surface area contributed by atoms with Crippen LogP contribution in [0.5, 0.6) is 5.75 Å². The topological polar surface area (TPSA) is 63.6 Å². The number of hydrogen-bond acceptors (Lipinski definition) is 3. The molecule has 0 spiro atoms. The van der Waals surface area contributed by atoms with Crippen LogP contribution in [0.3, 0.4) is 0 Å². The van der Waals surface area contributed by atoms with Crippen LogP contribution >= 0.6 is 0 Å². The highest BCUT2D eigenvalue weighted by atomic mass is 28.4. The van der Waals surface area contributed by atoms with Gasteiger partial charge in [-0.05, 0) is 37.3 Å². The van der Waals surface area contributed by atoms with Crippen molar-refractivity contribution in [3.63, 3.8) is 0 Å². The Kier molecular flexibility index (Phi) is 4.06. The Morgan fingerprint density at radius 2 is 2.06 bits per heavy atom. The predicted octanol–water partition coefficient (Wildman–Crippen LogP) is 2.34. The molecule has 0 aliphatic heterocycles. The van der Waals surface area contributed by atoms with Crippen molar-refractivity contribution in [1.29, 1.82) is 0 Å². The minimum atomic E-state index is -1.77. The van der Waals surface area contributed by atoms with Crippen LogP contribution in [0.1, 0.15) is 15.9 Å². The van der Waals surface area contributed by atoms with Crippen LogP contribution in [0.25, 0.3) is 0 Å². The molecule has 0 amide bonds. The Bertz CT molecular complexity index is 435. The van der Waals surface area contributed by atoms with Gasteiger partial charge in [-0.15, -0.1) is 0 Å². The fourth-order valence-corrected chi connectivity index (χ4v) is 2.24. The zero-order chi connectivity index (χ0) is 13.1. The fraction of sp³-hybridized carbons (Fsp3) is 0.333. The SMILES string of the molecule is C[Si](C)(C)Oc1ccc(CC(=O)O)cc1C=O. The number of carboxylic acid groups (broad SMARTS) is 1. The molecule has 0 aliphatic rings. The van der Waals surface area contributed by atoms with E-state index in [1.54, 1.807) is 18.2 Å². The molecular formula is C12H16O4Si. The third kappa shape index (κ3) is 4.40. The van der Waals surface area contributed by atoms with Gasteiger partial charge in [-0.1, -0.05) is 6.07 Å². The van der Waals surface area contributed by atoms with E-state index in [-0.39, 0.29) is 6.42 Å². The number of hydrogen-bond donors (Lipinski definition) is 1. The van der Waals surface area contributed by atoms with Crippen molar-refractivity contribution in [3.05, 3.63) is 29.3 Å². The summed E-state index contributed by atoms with van der Waals surface area (Å²) in [5, 5.41) is 8.67. The molecule has 0 aliphatic carbocycles. The standard InChI is InChI=1S/C12H16O4Si/c1-17(2,3)16-11-5-4-9(7-12(14)15)6-10(11)8-13/h4-6,8H,7H2,1-3H3,(H,14,15). The van der Waals surface area contributed by atoms with Gasteiger partial charge in [0.1, 0.15) is 5.75 Å². The molecule has 1 N–H and O–H groups in total. The highest BCUT2D eigenvalue weighted by molar-refractivity contribution is 6.70. The van der Waals surface area contributed by atoms with Gasteiger partial charge < -0.3 is 9.53 Å². The molecule has 17 heavy (non-hydrogen) atoms. The van der Waals surface area contributed by atoms with Crippen molar-refractivity contribution in [3.8, 4) is 5.75 Å². The maximum atomic E-state index is 10.9.